The predicted octanol–water partition coefficient (Wildman–Crippen LogP) is 1.12. The van der Waals surface area contributed by atoms with Gasteiger partial charge in [-0.25, -0.2) is 4.98 Å². The molecule has 2 rings (SSSR count). The zero-order valence-corrected chi connectivity index (χ0v) is 11.9. The molecule has 2 aromatic rings. The molecule has 5 heteroatoms. The molecule has 0 bridgehead atoms. The highest BCUT2D eigenvalue weighted by atomic mass is 16.2. The maximum Gasteiger partial charge on any atom is 0.231 e. The van der Waals surface area contributed by atoms with Gasteiger partial charge in [-0.1, -0.05) is 30.3 Å². The van der Waals surface area contributed by atoms with Gasteiger partial charge in [-0.2, -0.15) is 0 Å². The molecule has 0 saturated carbocycles. The first kappa shape index (κ1) is 14.3. The van der Waals surface area contributed by atoms with Crippen molar-refractivity contribution in [1.29, 1.82) is 0 Å². The van der Waals surface area contributed by atoms with Crippen LogP contribution in [0.2, 0.25) is 0 Å². The molecule has 1 unspecified atom stereocenters. The van der Waals surface area contributed by atoms with Crippen molar-refractivity contribution in [3.8, 4) is 0 Å². The molecule has 0 radical (unpaired) electrons. The number of aryl methyl sites for hydroxylation is 1. The standard InChI is InChI=1S/C15H20N4O/c1-18-9-8-17-14(18)11-19(2)15(20)13(10-16)12-6-4-3-5-7-12/h3-9,13H,10-11,16H2,1-2H3. The zero-order valence-electron chi connectivity index (χ0n) is 11.9. The maximum atomic E-state index is 12.5. The van der Waals surface area contributed by atoms with Crippen molar-refractivity contribution in [1.82, 2.24) is 14.5 Å². The Labute approximate surface area is 119 Å². The number of carbonyl (C=O) groups is 1. The Balaban J connectivity index is 2.11. The minimum absolute atomic E-state index is 0.0155. The Morgan fingerprint density at radius 2 is 2.10 bits per heavy atom. The van der Waals surface area contributed by atoms with Gasteiger partial charge in [0, 0.05) is 33.0 Å². The summed E-state index contributed by atoms with van der Waals surface area (Å²) < 4.78 is 1.91. The number of aromatic nitrogens is 2. The highest BCUT2D eigenvalue weighted by molar-refractivity contribution is 5.83. The van der Waals surface area contributed by atoms with Gasteiger partial charge in [-0.15, -0.1) is 0 Å². The molecule has 106 valence electrons. The highest BCUT2D eigenvalue weighted by Crippen LogP contribution is 2.17. The minimum Gasteiger partial charge on any atom is -0.338 e. The number of hydrogen-bond acceptors (Lipinski definition) is 3. The molecule has 1 amide bonds. The SMILES string of the molecule is CN(Cc1nccn1C)C(=O)C(CN)c1ccccc1. The number of rotatable bonds is 5. The van der Waals surface area contributed by atoms with E-state index in [1.807, 2.05) is 48.1 Å². The van der Waals surface area contributed by atoms with Crippen LogP contribution in [-0.2, 0) is 18.4 Å². The summed E-state index contributed by atoms with van der Waals surface area (Å²) in [5.74, 6) is 0.563. The molecule has 0 saturated heterocycles. The van der Waals surface area contributed by atoms with Gasteiger partial charge < -0.3 is 15.2 Å². The molecule has 1 heterocycles. The van der Waals surface area contributed by atoms with E-state index in [1.54, 1.807) is 18.1 Å². The predicted molar refractivity (Wildman–Crippen MR) is 77.9 cm³/mol. The van der Waals surface area contributed by atoms with Gasteiger partial charge in [0.05, 0.1) is 12.5 Å². The topological polar surface area (TPSA) is 64.2 Å². The highest BCUT2D eigenvalue weighted by Gasteiger charge is 2.23. The number of nitrogens with two attached hydrogens (primary N) is 1. The normalized spacial score (nSPS) is 12.2. The smallest absolute Gasteiger partial charge is 0.231 e. The fourth-order valence-electron chi connectivity index (χ4n) is 2.17. The van der Waals surface area contributed by atoms with Crippen LogP contribution in [0.4, 0.5) is 0 Å². The van der Waals surface area contributed by atoms with Crippen LogP contribution < -0.4 is 5.73 Å². The van der Waals surface area contributed by atoms with Crippen molar-refractivity contribution >= 4 is 5.91 Å². The van der Waals surface area contributed by atoms with Gasteiger partial charge in [-0.3, -0.25) is 4.79 Å². The lowest BCUT2D eigenvalue weighted by Gasteiger charge is -2.23. The monoisotopic (exact) mass is 272 g/mol. The second-order valence-electron chi connectivity index (χ2n) is 4.85. The lowest BCUT2D eigenvalue weighted by molar-refractivity contribution is -0.131. The van der Waals surface area contributed by atoms with Crippen molar-refractivity contribution in [2.75, 3.05) is 13.6 Å². The van der Waals surface area contributed by atoms with Gasteiger partial charge in [0.2, 0.25) is 5.91 Å². The van der Waals surface area contributed by atoms with Crippen LogP contribution >= 0.6 is 0 Å². The van der Waals surface area contributed by atoms with E-state index in [4.69, 9.17) is 5.73 Å². The average Bonchev–Trinajstić information content (AvgIpc) is 2.86. The van der Waals surface area contributed by atoms with Crippen molar-refractivity contribution < 1.29 is 4.79 Å². The van der Waals surface area contributed by atoms with E-state index in [9.17, 15) is 4.79 Å². The number of hydrogen-bond donors (Lipinski definition) is 1. The number of nitrogens with zero attached hydrogens (tertiary/aromatic N) is 3. The van der Waals surface area contributed by atoms with Crippen LogP contribution in [0.5, 0.6) is 0 Å². The summed E-state index contributed by atoms with van der Waals surface area (Å²) in [7, 11) is 3.70. The third-order valence-corrected chi connectivity index (χ3v) is 3.41. The molecular weight excluding hydrogens is 252 g/mol. The fourth-order valence-corrected chi connectivity index (χ4v) is 2.17. The van der Waals surface area contributed by atoms with Crippen molar-refractivity contribution in [2.24, 2.45) is 12.8 Å². The molecule has 0 fully saturated rings. The first-order valence-electron chi connectivity index (χ1n) is 6.59. The van der Waals surface area contributed by atoms with E-state index in [2.05, 4.69) is 4.98 Å². The van der Waals surface area contributed by atoms with E-state index in [-0.39, 0.29) is 11.8 Å². The molecular formula is C15H20N4O. The van der Waals surface area contributed by atoms with E-state index in [0.717, 1.165) is 11.4 Å². The Hall–Kier alpha value is -2.14. The van der Waals surface area contributed by atoms with Crippen LogP contribution in [0.15, 0.2) is 42.7 Å². The summed E-state index contributed by atoms with van der Waals surface area (Å²) in [6.45, 7) is 0.777. The lowest BCUT2D eigenvalue weighted by atomic mass is 9.98. The summed E-state index contributed by atoms with van der Waals surface area (Å²) >= 11 is 0. The van der Waals surface area contributed by atoms with E-state index >= 15 is 0 Å². The molecule has 0 aliphatic carbocycles. The van der Waals surface area contributed by atoms with E-state index in [1.165, 1.54) is 0 Å². The second kappa shape index (κ2) is 6.34. The first-order valence-corrected chi connectivity index (χ1v) is 6.59. The largest absolute Gasteiger partial charge is 0.338 e. The van der Waals surface area contributed by atoms with Crippen molar-refractivity contribution in [2.45, 2.75) is 12.5 Å². The number of benzene rings is 1. The van der Waals surface area contributed by atoms with Crippen LogP contribution in [0.25, 0.3) is 0 Å². The number of likely N-dealkylation sites (N-methyl/N-ethyl adjacent to an activating group) is 1. The molecule has 20 heavy (non-hydrogen) atoms. The minimum atomic E-state index is -0.304. The summed E-state index contributed by atoms with van der Waals surface area (Å²) in [5.41, 5.74) is 6.73. The van der Waals surface area contributed by atoms with Crippen molar-refractivity contribution in [3.05, 3.63) is 54.1 Å². The van der Waals surface area contributed by atoms with Gasteiger partial charge in [0.25, 0.3) is 0 Å². The quantitative estimate of drug-likeness (QED) is 0.887. The van der Waals surface area contributed by atoms with E-state index in [0.29, 0.717) is 13.1 Å². The first-order chi connectivity index (χ1) is 9.63. The van der Waals surface area contributed by atoms with Gasteiger partial charge in [0.1, 0.15) is 5.82 Å². The van der Waals surface area contributed by atoms with E-state index < -0.39 is 0 Å². The molecule has 5 nitrogen and oxygen atoms in total. The molecule has 1 aromatic carbocycles. The Morgan fingerprint density at radius 3 is 2.65 bits per heavy atom. The number of carbonyl (C=O) groups excluding carboxylic acids is 1. The average molecular weight is 272 g/mol. The van der Waals surface area contributed by atoms with Crippen LogP contribution in [0, 0.1) is 0 Å². The molecule has 0 spiro atoms. The zero-order chi connectivity index (χ0) is 14.5. The van der Waals surface area contributed by atoms with Gasteiger partial charge >= 0.3 is 0 Å². The van der Waals surface area contributed by atoms with Crippen LogP contribution in [-0.4, -0.2) is 34.0 Å². The Morgan fingerprint density at radius 1 is 1.40 bits per heavy atom. The fraction of sp³-hybridized carbons (Fsp3) is 0.333. The summed E-state index contributed by atoms with van der Waals surface area (Å²) in [4.78, 5) is 18.4. The van der Waals surface area contributed by atoms with Crippen LogP contribution in [0.1, 0.15) is 17.3 Å². The molecule has 1 atom stereocenters. The number of amides is 1. The molecule has 2 N–H and O–H groups in total. The maximum absolute atomic E-state index is 12.5. The van der Waals surface area contributed by atoms with Crippen molar-refractivity contribution in [3.63, 3.8) is 0 Å². The third kappa shape index (κ3) is 3.05. The van der Waals surface area contributed by atoms with Gasteiger partial charge in [-0.05, 0) is 5.56 Å². The number of imidazole rings is 1. The third-order valence-electron chi connectivity index (χ3n) is 3.41. The Kier molecular flexibility index (Phi) is 4.53. The molecule has 1 aromatic heterocycles. The summed E-state index contributed by atoms with van der Waals surface area (Å²) in [6, 6.07) is 9.64. The lowest BCUT2D eigenvalue weighted by Crippen LogP contribution is -2.35. The summed E-state index contributed by atoms with van der Waals surface area (Å²) in [5, 5.41) is 0. The molecule has 0 aliphatic rings. The molecule has 0 aliphatic heterocycles. The second-order valence-corrected chi connectivity index (χ2v) is 4.85. The Bertz CT molecular complexity index is 564. The van der Waals surface area contributed by atoms with Gasteiger partial charge in [0.15, 0.2) is 0 Å². The van der Waals surface area contributed by atoms with Crippen LogP contribution in [0.3, 0.4) is 0 Å². The summed E-state index contributed by atoms with van der Waals surface area (Å²) in [6.07, 6.45) is 3.59.